The molecule has 144 valence electrons. The lowest BCUT2D eigenvalue weighted by molar-refractivity contribution is -0.384. The lowest BCUT2D eigenvalue weighted by Gasteiger charge is -2.20. The molecule has 1 aromatic heterocycles. The van der Waals surface area contributed by atoms with Crippen LogP contribution in [0.25, 0.3) is 0 Å². The maximum Gasteiger partial charge on any atom is 0.293 e. The van der Waals surface area contributed by atoms with E-state index in [2.05, 4.69) is 15.5 Å². The van der Waals surface area contributed by atoms with E-state index in [1.165, 1.54) is 23.2 Å². The van der Waals surface area contributed by atoms with Gasteiger partial charge < -0.3 is 11.2 Å². The number of nitrogens with two attached hydrogens (primary N) is 1. The second-order valence-corrected chi connectivity index (χ2v) is 7.60. The molecule has 2 aromatic rings. The Kier molecular flexibility index (Phi) is 5.94. The van der Waals surface area contributed by atoms with Crippen LogP contribution in [0.5, 0.6) is 0 Å². The third-order valence-corrected chi connectivity index (χ3v) is 5.56. The molecule has 1 aliphatic carbocycles. The summed E-state index contributed by atoms with van der Waals surface area (Å²) in [5, 5.41) is 22.5. The van der Waals surface area contributed by atoms with Crippen LogP contribution in [-0.2, 0) is 4.79 Å². The van der Waals surface area contributed by atoms with Crippen LogP contribution in [0.1, 0.15) is 49.4 Å². The molecular weight excluding hydrogens is 368 g/mol. The van der Waals surface area contributed by atoms with Crippen LogP contribution in [-0.4, -0.2) is 31.5 Å². The Labute approximate surface area is 160 Å². The average molecular weight is 390 g/mol. The van der Waals surface area contributed by atoms with Crippen LogP contribution < -0.4 is 11.2 Å². The third kappa shape index (κ3) is 4.57. The Hall–Kier alpha value is -2.62. The molecule has 1 fully saturated rings. The van der Waals surface area contributed by atoms with E-state index in [9.17, 15) is 14.9 Å². The van der Waals surface area contributed by atoms with Gasteiger partial charge >= 0.3 is 0 Å². The van der Waals surface area contributed by atoms with Gasteiger partial charge in [0.05, 0.1) is 10.7 Å². The van der Waals surface area contributed by atoms with Crippen LogP contribution in [0.2, 0.25) is 0 Å². The predicted octanol–water partition coefficient (Wildman–Crippen LogP) is 2.99. The van der Waals surface area contributed by atoms with Gasteiger partial charge in [0.25, 0.3) is 5.69 Å². The number of amides is 1. The lowest BCUT2D eigenvalue weighted by Crippen LogP contribution is -2.20. The van der Waals surface area contributed by atoms with Crippen LogP contribution in [0, 0.1) is 17.0 Å². The monoisotopic (exact) mass is 390 g/mol. The maximum absolute atomic E-state index is 12.2. The van der Waals surface area contributed by atoms with E-state index in [4.69, 9.17) is 5.84 Å². The number of nitro benzene ring substituents is 1. The van der Waals surface area contributed by atoms with Crippen LogP contribution in [0.15, 0.2) is 23.4 Å². The number of nitro groups is 1. The second-order valence-electron chi connectivity index (χ2n) is 6.66. The quantitative estimate of drug-likeness (QED) is 0.336. The first-order valence-electron chi connectivity index (χ1n) is 8.84. The van der Waals surface area contributed by atoms with Crippen molar-refractivity contribution in [3.8, 4) is 0 Å². The molecule has 1 amide bonds. The smallest absolute Gasteiger partial charge is 0.293 e. The number of hydrogen-bond donors (Lipinski definition) is 2. The van der Waals surface area contributed by atoms with E-state index >= 15 is 0 Å². The molecule has 27 heavy (non-hydrogen) atoms. The number of nitrogens with one attached hydrogen (secondary N) is 1. The Morgan fingerprint density at radius 1 is 1.37 bits per heavy atom. The van der Waals surface area contributed by atoms with Gasteiger partial charge in [0, 0.05) is 12.0 Å². The molecule has 9 nitrogen and oxygen atoms in total. The van der Waals surface area contributed by atoms with Gasteiger partial charge in [-0.05, 0) is 31.4 Å². The van der Waals surface area contributed by atoms with Gasteiger partial charge in [0.2, 0.25) is 11.1 Å². The first-order valence-corrected chi connectivity index (χ1v) is 9.82. The van der Waals surface area contributed by atoms with Gasteiger partial charge in [-0.15, -0.1) is 10.2 Å². The molecule has 3 rings (SSSR count). The normalized spacial score (nSPS) is 14.9. The molecule has 1 aromatic carbocycles. The number of hydrogen-bond acceptors (Lipinski definition) is 7. The zero-order valence-electron chi connectivity index (χ0n) is 15.1. The molecule has 0 bridgehead atoms. The van der Waals surface area contributed by atoms with Gasteiger partial charge in [-0.25, -0.2) is 4.68 Å². The standard InChI is InChI=1S/C17H22N6O3S/c1-11-7-8-13(14(9-11)23(25)26)19-15(24)10-27-17-21-20-16(22(17)18)12-5-3-2-4-6-12/h7-9,12H,2-6,10,18H2,1H3,(H,19,24). The van der Waals surface area contributed by atoms with Crippen LogP contribution >= 0.6 is 11.8 Å². The highest BCUT2D eigenvalue weighted by Gasteiger charge is 2.23. The van der Waals surface area contributed by atoms with Crippen molar-refractivity contribution in [2.45, 2.75) is 50.1 Å². The van der Waals surface area contributed by atoms with Gasteiger partial charge in [-0.3, -0.25) is 14.9 Å². The van der Waals surface area contributed by atoms with Crippen LogP contribution in [0.3, 0.4) is 0 Å². The van der Waals surface area contributed by atoms with E-state index in [0.29, 0.717) is 11.1 Å². The topological polar surface area (TPSA) is 129 Å². The summed E-state index contributed by atoms with van der Waals surface area (Å²) in [6, 6.07) is 4.67. The maximum atomic E-state index is 12.2. The molecule has 1 heterocycles. The van der Waals surface area contributed by atoms with Crippen molar-refractivity contribution >= 4 is 29.0 Å². The molecular formula is C17H22N6O3S. The lowest BCUT2D eigenvalue weighted by atomic mass is 9.89. The summed E-state index contributed by atoms with van der Waals surface area (Å²) < 4.78 is 1.46. The highest BCUT2D eigenvalue weighted by atomic mass is 32.2. The average Bonchev–Trinajstić information content (AvgIpc) is 3.02. The minimum Gasteiger partial charge on any atom is -0.336 e. The minimum absolute atomic E-state index is 0.0328. The number of nitrogens with zero attached hydrogens (tertiary/aromatic N) is 4. The Bertz CT molecular complexity index is 847. The first-order chi connectivity index (χ1) is 13.0. The number of thioether (sulfide) groups is 1. The number of aryl methyl sites for hydroxylation is 1. The number of nitrogen functional groups attached to an aromatic ring is 1. The summed E-state index contributed by atoms with van der Waals surface area (Å²) in [5.74, 6) is 6.84. The van der Waals surface area contributed by atoms with Gasteiger partial charge in [-0.1, -0.05) is 37.1 Å². The van der Waals surface area contributed by atoms with Crippen molar-refractivity contribution in [1.82, 2.24) is 14.9 Å². The number of carbonyl (C=O) groups is 1. The summed E-state index contributed by atoms with van der Waals surface area (Å²) in [7, 11) is 0. The molecule has 10 heteroatoms. The van der Waals surface area contributed by atoms with Crippen molar-refractivity contribution in [1.29, 1.82) is 0 Å². The molecule has 0 aliphatic heterocycles. The van der Waals surface area contributed by atoms with E-state index in [-0.39, 0.29) is 23.0 Å². The number of anilines is 1. The molecule has 0 unspecified atom stereocenters. The zero-order valence-corrected chi connectivity index (χ0v) is 15.9. The summed E-state index contributed by atoms with van der Waals surface area (Å²) in [5.41, 5.74) is 0.795. The fourth-order valence-electron chi connectivity index (χ4n) is 3.24. The summed E-state index contributed by atoms with van der Waals surface area (Å²) in [6.45, 7) is 1.76. The number of carbonyl (C=O) groups excluding carboxylic acids is 1. The second kappa shape index (κ2) is 8.38. The van der Waals surface area contributed by atoms with Crippen molar-refractivity contribution in [3.63, 3.8) is 0 Å². The first kappa shape index (κ1) is 19.2. The zero-order chi connectivity index (χ0) is 19.4. The van der Waals surface area contributed by atoms with Crippen LogP contribution in [0.4, 0.5) is 11.4 Å². The summed E-state index contributed by atoms with van der Waals surface area (Å²) in [6.07, 6.45) is 5.67. The SMILES string of the molecule is Cc1ccc(NC(=O)CSc2nnc(C3CCCCC3)n2N)c([N+](=O)[O-])c1. The van der Waals surface area contributed by atoms with Crippen molar-refractivity contribution in [2.75, 3.05) is 16.9 Å². The number of aromatic nitrogens is 3. The highest BCUT2D eigenvalue weighted by molar-refractivity contribution is 7.99. The van der Waals surface area contributed by atoms with Gasteiger partial charge in [0.1, 0.15) is 5.69 Å². The molecule has 0 spiro atoms. The van der Waals surface area contributed by atoms with E-state index < -0.39 is 4.92 Å². The predicted molar refractivity (Wildman–Crippen MR) is 103 cm³/mol. The van der Waals surface area contributed by atoms with Gasteiger partial charge in [-0.2, -0.15) is 0 Å². The fourth-order valence-corrected chi connectivity index (χ4v) is 3.90. The van der Waals surface area contributed by atoms with E-state index in [1.54, 1.807) is 13.0 Å². The number of benzene rings is 1. The molecule has 1 aliphatic rings. The number of rotatable bonds is 6. The van der Waals surface area contributed by atoms with Crippen molar-refractivity contribution in [2.24, 2.45) is 0 Å². The molecule has 0 saturated heterocycles. The minimum atomic E-state index is -0.511. The van der Waals surface area contributed by atoms with Gasteiger partial charge in [0.15, 0.2) is 5.82 Å². The van der Waals surface area contributed by atoms with Crippen molar-refractivity contribution < 1.29 is 9.72 Å². The Balaban J connectivity index is 1.62. The molecule has 0 atom stereocenters. The third-order valence-electron chi connectivity index (χ3n) is 4.62. The summed E-state index contributed by atoms with van der Waals surface area (Å²) >= 11 is 1.16. The van der Waals surface area contributed by atoms with Crippen molar-refractivity contribution in [3.05, 3.63) is 39.7 Å². The molecule has 0 radical (unpaired) electrons. The largest absolute Gasteiger partial charge is 0.336 e. The fraction of sp³-hybridized carbons (Fsp3) is 0.471. The van der Waals surface area contributed by atoms with E-state index in [0.717, 1.165) is 48.8 Å². The Morgan fingerprint density at radius 3 is 2.81 bits per heavy atom. The Morgan fingerprint density at radius 2 is 2.11 bits per heavy atom. The molecule has 3 N–H and O–H groups in total. The molecule has 1 saturated carbocycles. The van der Waals surface area contributed by atoms with E-state index in [1.807, 2.05) is 0 Å². The highest BCUT2D eigenvalue weighted by Crippen LogP contribution is 2.32. The summed E-state index contributed by atoms with van der Waals surface area (Å²) in [4.78, 5) is 22.8.